The van der Waals surface area contributed by atoms with Gasteiger partial charge >= 0.3 is 6.18 Å². The summed E-state index contributed by atoms with van der Waals surface area (Å²) in [6, 6.07) is -1.00. The van der Waals surface area contributed by atoms with Crippen LogP contribution in [0.1, 0.15) is 52.9 Å². The molecular formula is C23H41F3N6O2. The molecule has 4 rings (SSSR count). The minimum absolute atomic E-state index is 0.0155. The quantitative estimate of drug-likeness (QED) is 0.342. The van der Waals surface area contributed by atoms with Gasteiger partial charge in [-0.3, -0.25) is 26.1 Å². The molecule has 10 unspecified atom stereocenters. The fourth-order valence-corrected chi connectivity index (χ4v) is 6.07. The van der Waals surface area contributed by atoms with Crippen LogP contribution in [0.4, 0.5) is 13.2 Å². The normalized spacial score (nSPS) is 44.1. The molecule has 0 bridgehead atoms. The van der Waals surface area contributed by atoms with Gasteiger partial charge in [0.1, 0.15) is 18.6 Å². The monoisotopic (exact) mass is 490 g/mol. The van der Waals surface area contributed by atoms with Crippen molar-refractivity contribution in [2.75, 3.05) is 19.6 Å². The van der Waals surface area contributed by atoms with Gasteiger partial charge in [-0.25, -0.2) is 0 Å². The Morgan fingerprint density at radius 1 is 1.03 bits per heavy atom. The first-order valence-corrected chi connectivity index (χ1v) is 12.8. The van der Waals surface area contributed by atoms with Crippen LogP contribution < -0.4 is 31.9 Å². The highest BCUT2D eigenvalue weighted by molar-refractivity contribution is 5.83. The summed E-state index contributed by atoms with van der Waals surface area (Å²) in [5, 5.41) is 20.0. The van der Waals surface area contributed by atoms with Crippen LogP contribution in [0.5, 0.6) is 0 Å². The molecule has 3 saturated heterocycles. The number of alkyl halides is 3. The first-order valence-electron chi connectivity index (χ1n) is 12.8. The molecule has 196 valence electrons. The van der Waals surface area contributed by atoms with Crippen molar-refractivity contribution in [1.82, 2.24) is 31.9 Å². The standard InChI is InChI=1S/C23H41F3N6O2/c1-12-8-15(11-27-10-12)17-6-7-28-22(31-17)32-18-9-16(5-4-13(18)2)30-21(33)19-20(23(24,25)26)34-14(3)29-19/h12-20,22,27-29,31-32H,4-11H2,1-3H3,(H,30,33). The second-order valence-electron chi connectivity index (χ2n) is 10.9. The number of halogens is 3. The molecule has 34 heavy (non-hydrogen) atoms. The average Bonchev–Trinajstić information content (AvgIpc) is 3.19. The van der Waals surface area contributed by atoms with Crippen LogP contribution in [0.25, 0.3) is 0 Å². The average molecular weight is 491 g/mol. The van der Waals surface area contributed by atoms with Gasteiger partial charge in [0.05, 0.1) is 0 Å². The van der Waals surface area contributed by atoms with Gasteiger partial charge < -0.3 is 15.4 Å². The lowest BCUT2D eigenvalue weighted by molar-refractivity contribution is -0.216. The number of carbonyl (C=O) groups excluding carboxylic acids is 1. The third kappa shape index (κ3) is 6.41. The summed E-state index contributed by atoms with van der Waals surface area (Å²) in [5.74, 6) is 1.06. The third-order valence-corrected chi connectivity index (χ3v) is 7.95. The van der Waals surface area contributed by atoms with Crippen molar-refractivity contribution in [2.45, 2.75) is 102 Å². The van der Waals surface area contributed by atoms with Gasteiger partial charge in [-0.2, -0.15) is 13.2 Å². The molecule has 1 aliphatic carbocycles. The zero-order valence-electron chi connectivity index (χ0n) is 20.4. The Balaban J connectivity index is 1.30. The van der Waals surface area contributed by atoms with Crippen LogP contribution >= 0.6 is 0 Å². The van der Waals surface area contributed by atoms with Crippen molar-refractivity contribution in [3.8, 4) is 0 Å². The summed E-state index contributed by atoms with van der Waals surface area (Å²) in [4.78, 5) is 12.7. The van der Waals surface area contributed by atoms with E-state index in [4.69, 9.17) is 4.74 Å². The lowest BCUT2D eigenvalue weighted by Crippen LogP contribution is -2.66. The lowest BCUT2D eigenvalue weighted by atomic mass is 9.82. The number of hydrogen-bond donors (Lipinski definition) is 6. The van der Waals surface area contributed by atoms with E-state index in [1.165, 1.54) is 13.3 Å². The fourth-order valence-electron chi connectivity index (χ4n) is 6.07. The van der Waals surface area contributed by atoms with E-state index in [2.05, 4.69) is 45.7 Å². The number of rotatable bonds is 5. The minimum atomic E-state index is -4.59. The number of hydrogen-bond acceptors (Lipinski definition) is 7. The van der Waals surface area contributed by atoms with Gasteiger partial charge in [-0.1, -0.05) is 13.8 Å². The smallest absolute Gasteiger partial charge is 0.352 e. The van der Waals surface area contributed by atoms with Crippen LogP contribution in [0.15, 0.2) is 0 Å². The Kier molecular flexibility index (Phi) is 8.41. The minimum Gasteiger partial charge on any atom is -0.352 e. The predicted molar refractivity (Wildman–Crippen MR) is 123 cm³/mol. The molecule has 0 aromatic rings. The zero-order valence-corrected chi connectivity index (χ0v) is 20.4. The highest BCUT2D eigenvalue weighted by Crippen LogP contribution is 2.31. The molecule has 0 spiro atoms. The van der Waals surface area contributed by atoms with Crippen LogP contribution in [-0.4, -0.2) is 74.5 Å². The van der Waals surface area contributed by atoms with Crippen LogP contribution in [0, 0.1) is 17.8 Å². The Morgan fingerprint density at radius 2 is 1.82 bits per heavy atom. The molecular weight excluding hydrogens is 449 g/mol. The molecule has 1 amide bonds. The SMILES string of the molecule is CC1CNCC(C2CCNC(NC3CC(NC(=O)C4NC(C)OC4C(F)(F)F)CCC3C)N2)C1. The summed E-state index contributed by atoms with van der Waals surface area (Å²) in [5.41, 5.74) is 0. The maximum Gasteiger partial charge on any atom is 0.416 e. The summed E-state index contributed by atoms with van der Waals surface area (Å²) in [6.45, 7) is 9.02. The molecule has 10 atom stereocenters. The van der Waals surface area contributed by atoms with Crippen LogP contribution in [-0.2, 0) is 9.53 Å². The molecule has 0 aromatic carbocycles. The molecule has 1 saturated carbocycles. The molecule has 4 aliphatic rings. The number of piperidine rings is 1. The second kappa shape index (κ2) is 11.0. The van der Waals surface area contributed by atoms with Crippen molar-refractivity contribution in [3.63, 3.8) is 0 Å². The number of amides is 1. The molecule has 0 aromatic heterocycles. The maximum atomic E-state index is 13.3. The molecule has 8 nitrogen and oxygen atoms in total. The third-order valence-electron chi connectivity index (χ3n) is 7.95. The summed E-state index contributed by atoms with van der Waals surface area (Å²) in [7, 11) is 0. The Morgan fingerprint density at radius 3 is 2.56 bits per heavy atom. The highest BCUT2D eigenvalue weighted by atomic mass is 19.4. The van der Waals surface area contributed by atoms with E-state index in [1.807, 2.05) is 0 Å². The highest BCUT2D eigenvalue weighted by Gasteiger charge is 2.53. The van der Waals surface area contributed by atoms with Crippen molar-refractivity contribution >= 4 is 5.91 Å². The number of nitrogens with one attached hydrogen (secondary N) is 6. The Labute approximate surface area is 200 Å². The fraction of sp³-hybridized carbons (Fsp3) is 0.957. The molecule has 3 aliphatic heterocycles. The number of carbonyl (C=O) groups is 1. The van der Waals surface area contributed by atoms with E-state index < -0.39 is 30.5 Å². The van der Waals surface area contributed by atoms with Crippen molar-refractivity contribution in [3.05, 3.63) is 0 Å². The van der Waals surface area contributed by atoms with Crippen molar-refractivity contribution < 1.29 is 22.7 Å². The predicted octanol–water partition coefficient (Wildman–Crippen LogP) is 0.995. The van der Waals surface area contributed by atoms with Crippen LogP contribution in [0.2, 0.25) is 0 Å². The Bertz CT molecular complexity index is 698. The largest absolute Gasteiger partial charge is 0.416 e. The molecule has 0 radical (unpaired) electrons. The van der Waals surface area contributed by atoms with Gasteiger partial charge in [-0.15, -0.1) is 0 Å². The van der Waals surface area contributed by atoms with Crippen LogP contribution in [0.3, 0.4) is 0 Å². The number of ether oxygens (including phenoxy) is 1. The molecule has 3 heterocycles. The Hall–Kier alpha value is -0.980. The van der Waals surface area contributed by atoms with Gasteiger partial charge in [-0.05, 0) is 76.4 Å². The van der Waals surface area contributed by atoms with E-state index in [0.29, 0.717) is 30.2 Å². The van der Waals surface area contributed by atoms with E-state index in [9.17, 15) is 18.0 Å². The first kappa shape index (κ1) is 26.1. The second-order valence-corrected chi connectivity index (χ2v) is 10.9. The van der Waals surface area contributed by atoms with Gasteiger partial charge in [0.2, 0.25) is 5.91 Å². The van der Waals surface area contributed by atoms with E-state index in [0.717, 1.165) is 38.9 Å². The van der Waals surface area contributed by atoms with Gasteiger partial charge in [0, 0.05) is 18.1 Å². The molecule has 11 heteroatoms. The summed E-state index contributed by atoms with van der Waals surface area (Å²) >= 11 is 0. The molecule has 4 fully saturated rings. The van der Waals surface area contributed by atoms with E-state index in [-0.39, 0.29) is 18.4 Å². The summed E-state index contributed by atoms with van der Waals surface area (Å²) in [6.07, 6.45) is -2.90. The van der Waals surface area contributed by atoms with Crippen molar-refractivity contribution in [1.29, 1.82) is 0 Å². The maximum absolute atomic E-state index is 13.3. The topological polar surface area (TPSA) is 98.5 Å². The zero-order chi connectivity index (χ0) is 24.5. The first-order chi connectivity index (χ1) is 16.1. The van der Waals surface area contributed by atoms with Gasteiger partial charge in [0.15, 0.2) is 6.10 Å². The van der Waals surface area contributed by atoms with Gasteiger partial charge in [0.25, 0.3) is 0 Å². The summed E-state index contributed by atoms with van der Waals surface area (Å²) < 4.78 is 44.9. The van der Waals surface area contributed by atoms with Crippen molar-refractivity contribution in [2.24, 2.45) is 17.8 Å². The van der Waals surface area contributed by atoms with E-state index in [1.54, 1.807) is 0 Å². The lowest BCUT2D eigenvalue weighted by Gasteiger charge is -2.43. The van der Waals surface area contributed by atoms with E-state index >= 15 is 0 Å². The molecule has 6 N–H and O–H groups in total.